The Kier molecular flexibility index (Phi) is 4.37. The molecule has 0 N–H and O–H groups in total. The first-order chi connectivity index (χ1) is 9.65. The summed E-state index contributed by atoms with van der Waals surface area (Å²) in [5, 5.41) is 0. The fourth-order valence-electron chi connectivity index (χ4n) is 1.83. The molecule has 104 valence electrons. The van der Waals surface area contributed by atoms with E-state index in [9.17, 15) is 13.2 Å². The monoisotopic (exact) mass is 291 g/mol. The molecule has 0 radical (unpaired) electrons. The van der Waals surface area contributed by atoms with Gasteiger partial charge in [0.1, 0.15) is 0 Å². The number of rotatable bonds is 4. The SMILES string of the molecule is COC(=O)c1ccccc1N(c1ccccc1)[SH](=O)=O. The van der Waals surface area contributed by atoms with Gasteiger partial charge >= 0.3 is 5.97 Å². The lowest BCUT2D eigenvalue weighted by molar-refractivity contribution is 0.0602. The Morgan fingerprint density at radius 3 is 2.20 bits per heavy atom. The molecule has 0 atom stereocenters. The molecule has 2 aromatic carbocycles. The van der Waals surface area contributed by atoms with Gasteiger partial charge in [-0.3, -0.25) is 0 Å². The molecule has 0 heterocycles. The zero-order valence-electron chi connectivity index (χ0n) is 10.7. The average Bonchev–Trinajstić information content (AvgIpc) is 2.48. The number of hydrogen-bond donors (Lipinski definition) is 1. The molecule has 0 spiro atoms. The molecule has 0 saturated heterocycles. The summed E-state index contributed by atoms with van der Waals surface area (Å²) < 4.78 is 28.9. The third-order valence-electron chi connectivity index (χ3n) is 2.70. The number of nitrogens with zero attached hydrogens (tertiary/aromatic N) is 1. The fraction of sp³-hybridized carbons (Fsp3) is 0.0714. The minimum atomic E-state index is -2.94. The average molecular weight is 291 g/mol. The highest BCUT2D eigenvalue weighted by Crippen LogP contribution is 2.29. The molecule has 0 saturated carbocycles. The van der Waals surface area contributed by atoms with Crippen molar-refractivity contribution in [2.24, 2.45) is 0 Å². The second-order valence-corrected chi connectivity index (χ2v) is 4.77. The minimum Gasteiger partial charge on any atom is -0.465 e. The summed E-state index contributed by atoms with van der Waals surface area (Å²) in [6.07, 6.45) is 0. The van der Waals surface area contributed by atoms with Crippen molar-refractivity contribution in [1.29, 1.82) is 0 Å². The van der Waals surface area contributed by atoms with Crippen molar-refractivity contribution in [2.75, 3.05) is 11.4 Å². The zero-order valence-corrected chi connectivity index (χ0v) is 11.6. The lowest BCUT2D eigenvalue weighted by Gasteiger charge is -2.19. The highest BCUT2D eigenvalue weighted by Gasteiger charge is 2.19. The van der Waals surface area contributed by atoms with Gasteiger partial charge in [0.05, 0.1) is 24.0 Å². The number of benzene rings is 2. The van der Waals surface area contributed by atoms with Crippen molar-refractivity contribution < 1.29 is 17.9 Å². The maximum atomic E-state index is 11.7. The van der Waals surface area contributed by atoms with Gasteiger partial charge in [0, 0.05) is 0 Å². The summed E-state index contributed by atoms with van der Waals surface area (Å²) >= 11 is 0. The number of carbonyl (C=O) groups is 1. The number of carbonyl (C=O) groups excluding carboxylic acids is 1. The molecule has 2 rings (SSSR count). The fourth-order valence-corrected chi connectivity index (χ4v) is 2.50. The number of methoxy groups -OCH3 is 1. The van der Waals surface area contributed by atoms with E-state index in [-0.39, 0.29) is 11.3 Å². The van der Waals surface area contributed by atoms with Crippen molar-refractivity contribution in [3.05, 3.63) is 60.2 Å². The second kappa shape index (κ2) is 6.21. The van der Waals surface area contributed by atoms with Crippen molar-refractivity contribution in [2.45, 2.75) is 0 Å². The van der Waals surface area contributed by atoms with Gasteiger partial charge in [-0.1, -0.05) is 30.3 Å². The van der Waals surface area contributed by atoms with Crippen molar-refractivity contribution in [3.63, 3.8) is 0 Å². The van der Waals surface area contributed by atoms with E-state index in [0.717, 1.165) is 4.31 Å². The predicted octanol–water partition coefficient (Wildman–Crippen LogP) is 2.14. The van der Waals surface area contributed by atoms with Gasteiger partial charge in [0.2, 0.25) is 10.9 Å². The largest absolute Gasteiger partial charge is 0.465 e. The Morgan fingerprint density at radius 2 is 1.60 bits per heavy atom. The van der Waals surface area contributed by atoms with Crippen molar-refractivity contribution in [1.82, 2.24) is 0 Å². The molecular formula is C14H13NO4S. The second-order valence-electron chi connectivity index (χ2n) is 3.89. The van der Waals surface area contributed by atoms with Crippen LogP contribution >= 0.6 is 0 Å². The molecule has 0 aliphatic heterocycles. The molecule has 0 aliphatic carbocycles. The summed E-state index contributed by atoms with van der Waals surface area (Å²) in [4.78, 5) is 11.7. The number of thiol groups is 1. The summed E-state index contributed by atoms with van der Waals surface area (Å²) in [7, 11) is -1.68. The molecule has 6 heteroatoms. The topological polar surface area (TPSA) is 63.7 Å². The minimum absolute atomic E-state index is 0.193. The quantitative estimate of drug-likeness (QED) is 0.692. The summed E-state index contributed by atoms with van der Waals surface area (Å²) in [6, 6.07) is 14.9. The third kappa shape index (κ3) is 2.80. The van der Waals surface area contributed by atoms with Gasteiger partial charge in [-0.25, -0.2) is 17.5 Å². The van der Waals surface area contributed by atoms with Crippen LogP contribution in [0.2, 0.25) is 0 Å². The lowest BCUT2D eigenvalue weighted by Crippen LogP contribution is -2.18. The van der Waals surface area contributed by atoms with Crippen LogP contribution in [-0.4, -0.2) is 21.5 Å². The number of para-hydroxylation sites is 2. The Morgan fingerprint density at radius 1 is 1.00 bits per heavy atom. The Labute approximate surface area is 118 Å². The van der Waals surface area contributed by atoms with E-state index < -0.39 is 16.9 Å². The zero-order chi connectivity index (χ0) is 14.5. The van der Waals surface area contributed by atoms with Gasteiger partial charge < -0.3 is 4.74 Å². The molecule has 0 unspecified atom stereocenters. The van der Waals surface area contributed by atoms with E-state index in [1.165, 1.54) is 13.2 Å². The third-order valence-corrected chi connectivity index (χ3v) is 3.47. The van der Waals surface area contributed by atoms with Crippen LogP contribution in [0.3, 0.4) is 0 Å². The van der Waals surface area contributed by atoms with E-state index in [0.29, 0.717) is 5.69 Å². The molecule has 20 heavy (non-hydrogen) atoms. The van der Waals surface area contributed by atoms with Gasteiger partial charge in [0.25, 0.3) is 0 Å². The van der Waals surface area contributed by atoms with Crippen LogP contribution in [0.5, 0.6) is 0 Å². The van der Waals surface area contributed by atoms with E-state index in [1.54, 1.807) is 48.5 Å². The Balaban J connectivity index is 2.60. The van der Waals surface area contributed by atoms with Crippen LogP contribution in [0, 0.1) is 0 Å². The van der Waals surface area contributed by atoms with Crippen LogP contribution in [0.15, 0.2) is 54.6 Å². The van der Waals surface area contributed by atoms with Crippen LogP contribution in [-0.2, 0) is 15.6 Å². The highest BCUT2D eigenvalue weighted by molar-refractivity contribution is 7.74. The summed E-state index contributed by atoms with van der Waals surface area (Å²) in [5.74, 6) is -0.585. The maximum Gasteiger partial charge on any atom is 0.340 e. The lowest BCUT2D eigenvalue weighted by atomic mass is 10.1. The normalized spacial score (nSPS) is 10.3. The first-order valence-corrected chi connectivity index (χ1v) is 6.95. The van der Waals surface area contributed by atoms with Crippen molar-refractivity contribution >= 4 is 28.2 Å². The first-order valence-electron chi connectivity index (χ1n) is 5.82. The smallest absolute Gasteiger partial charge is 0.340 e. The van der Waals surface area contributed by atoms with E-state index in [1.807, 2.05) is 0 Å². The Hall–Kier alpha value is -2.34. The summed E-state index contributed by atoms with van der Waals surface area (Å²) in [5.41, 5.74) is 0.916. The maximum absolute atomic E-state index is 11.7. The van der Waals surface area contributed by atoms with E-state index >= 15 is 0 Å². The van der Waals surface area contributed by atoms with Crippen LogP contribution in [0.25, 0.3) is 0 Å². The first kappa shape index (κ1) is 14.1. The molecule has 0 fully saturated rings. The predicted molar refractivity (Wildman–Crippen MR) is 76.7 cm³/mol. The molecule has 2 aromatic rings. The van der Waals surface area contributed by atoms with Gasteiger partial charge in [0.15, 0.2) is 0 Å². The molecule has 0 amide bonds. The van der Waals surface area contributed by atoms with Gasteiger partial charge in [-0.2, -0.15) is 0 Å². The van der Waals surface area contributed by atoms with Crippen LogP contribution in [0.1, 0.15) is 10.4 Å². The summed E-state index contributed by atoms with van der Waals surface area (Å²) in [6.45, 7) is 0. The molecule has 0 bridgehead atoms. The molecule has 0 aliphatic rings. The van der Waals surface area contributed by atoms with Crippen LogP contribution < -0.4 is 4.31 Å². The van der Waals surface area contributed by atoms with E-state index in [2.05, 4.69) is 4.74 Å². The standard InChI is InChI=1S/C14H13NO4S/c1-19-14(16)12-9-5-6-10-13(12)15(20(17)18)11-7-3-2-4-8-11/h2-10,20H,1H3. The number of esters is 1. The number of ether oxygens (including phenoxy) is 1. The van der Waals surface area contributed by atoms with Crippen molar-refractivity contribution in [3.8, 4) is 0 Å². The van der Waals surface area contributed by atoms with E-state index in [4.69, 9.17) is 0 Å². The van der Waals surface area contributed by atoms with Gasteiger partial charge in [-0.15, -0.1) is 0 Å². The van der Waals surface area contributed by atoms with Gasteiger partial charge in [-0.05, 0) is 24.3 Å². The Bertz CT molecular complexity index is 675. The molecule has 5 nitrogen and oxygen atoms in total. The number of hydrogen-bond acceptors (Lipinski definition) is 4. The number of anilines is 2. The molecule has 0 aromatic heterocycles. The molecular weight excluding hydrogens is 278 g/mol. The highest BCUT2D eigenvalue weighted by atomic mass is 32.2. The van der Waals surface area contributed by atoms with Crippen LogP contribution in [0.4, 0.5) is 11.4 Å².